The molecule has 0 unspecified atom stereocenters. The molecule has 2 aliphatic heterocycles. The molecule has 0 radical (unpaired) electrons. The highest BCUT2D eigenvalue weighted by Crippen LogP contribution is 2.46. The molecule has 1 saturated heterocycles. The van der Waals surface area contributed by atoms with Crippen LogP contribution < -0.4 is 20.7 Å². The number of carbonyl (C=O) groups is 2. The highest BCUT2D eigenvalue weighted by Gasteiger charge is 2.65. The van der Waals surface area contributed by atoms with Crippen LogP contribution >= 0.6 is 11.6 Å². The van der Waals surface area contributed by atoms with Crippen molar-refractivity contribution in [1.82, 2.24) is 0 Å². The zero-order chi connectivity index (χ0) is 20.8. The maximum Gasteiger partial charge on any atom is 0.291 e. The number of rotatable bonds is 4. The summed E-state index contributed by atoms with van der Waals surface area (Å²) >= 11 is 6.29. The number of halogens is 1. The number of ether oxygens (including phenoxy) is 1. The van der Waals surface area contributed by atoms with Gasteiger partial charge in [0, 0.05) is 17.7 Å². The van der Waals surface area contributed by atoms with Gasteiger partial charge in [-0.05, 0) is 43.3 Å². The van der Waals surface area contributed by atoms with E-state index in [4.69, 9.17) is 16.3 Å². The zero-order valence-electron chi connectivity index (χ0n) is 16.1. The number of amides is 2. The molecule has 2 heterocycles. The van der Waals surface area contributed by atoms with Gasteiger partial charge in [-0.2, -0.15) is 0 Å². The van der Waals surface area contributed by atoms with E-state index < -0.39 is 17.6 Å². The number of fused-ring (bicyclic) bond motifs is 2. The minimum absolute atomic E-state index is 0.280. The average molecular weight is 417 g/mol. The van der Waals surface area contributed by atoms with Crippen molar-refractivity contribution in [2.45, 2.75) is 31.0 Å². The van der Waals surface area contributed by atoms with Gasteiger partial charge in [-0.1, -0.05) is 17.7 Å². The molecule has 5 N–H and O–H groups in total. The summed E-state index contributed by atoms with van der Waals surface area (Å²) in [6.07, 6.45) is -0.319. The van der Waals surface area contributed by atoms with Gasteiger partial charge in [0.1, 0.15) is 23.8 Å². The van der Waals surface area contributed by atoms with Crippen LogP contribution in [0.3, 0.4) is 0 Å². The lowest BCUT2D eigenvalue weighted by molar-refractivity contribution is -0.737. The Bertz CT molecular complexity index is 963. The Balaban J connectivity index is 1.71. The van der Waals surface area contributed by atoms with Gasteiger partial charge < -0.3 is 25.8 Å². The number of methoxy groups -OCH3 is 1. The summed E-state index contributed by atoms with van der Waals surface area (Å²) in [4.78, 5) is 26.4. The Hall–Kier alpha value is -2.61. The summed E-state index contributed by atoms with van der Waals surface area (Å²) in [7, 11) is 1.57. The van der Waals surface area contributed by atoms with Crippen LogP contribution in [0.5, 0.6) is 5.75 Å². The number of hydrogen-bond acceptors (Lipinski definition) is 4. The molecule has 0 bridgehead atoms. The molecule has 2 aromatic carbocycles. The zero-order valence-corrected chi connectivity index (χ0v) is 16.9. The van der Waals surface area contributed by atoms with Gasteiger partial charge in [-0.15, -0.1) is 0 Å². The fraction of sp³-hybridized carbons (Fsp3) is 0.333. The molecule has 2 aromatic rings. The molecular weight excluding hydrogens is 394 g/mol. The quantitative estimate of drug-likeness (QED) is 0.605. The van der Waals surface area contributed by atoms with Crippen molar-refractivity contribution >= 4 is 34.8 Å². The number of aliphatic hydroxyl groups is 1. The Kier molecular flexibility index (Phi) is 4.98. The Morgan fingerprint density at radius 2 is 2.07 bits per heavy atom. The van der Waals surface area contributed by atoms with Gasteiger partial charge in [0.2, 0.25) is 11.4 Å². The summed E-state index contributed by atoms with van der Waals surface area (Å²) in [5, 5.41) is 18.2. The first-order chi connectivity index (χ1) is 13.9. The fourth-order valence-electron chi connectivity index (χ4n) is 4.38. The second-order valence-corrected chi connectivity index (χ2v) is 7.97. The largest absolute Gasteiger partial charge is 0.497 e. The first kappa shape index (κ1) is 19.7. The molecule has 2 aliphatic rings. The smallest absolute Gasteiger partial charge is 0.291 e. The lowest BCUT2D eigenvalue weighted by Gasteiger charge is -2.26. The van der Waals surface area contributed by atoms with E-state index in [1.807, 2.05) is 11.4 Å². The van der Waals surface area contributed by atoms with Gasteiger partial charge in [-0.3, -0.25) is 9.59 Å². The second kappa shape index (κ2) is 7.33. The van der Waals surface area contributed by atoms with Crippen LogP contribution in [0.15, 0.2) is 42.5 Å². The number of aliphatic hydroxyl groups excluding tert-OH is 1. The molecule has 0 saturated carbocycles. The average Bonchev–Trinajstić information content (AvgIpc) is 3.24. The van der Waals surface area contributed by atoms with E-state index in [1.165, 1.54) is 0 Å². The standard InChI is InChI=1S/C21H22ClN3O4/c1-11(26)17-10-15(19(27)23-12-6-8-13(29-2)9-7-12)21(25-17)14-4-3-5-16(22)18(14)24-20(21)28/h3-9,11,15,17,25-26H,10H2,1-2H3,(H,23,27)(H,24,28)/p+1/t11-,15-,17-,21+/m1/s1. The molecule has 0 aromatic heterocycles. The maximum absolute atomic E-state index is 13.3. The third kappa shape index (κ3) is 3.15. The molecule has 2 amide bonds. The molecule has 8 heteroatoms. The SMILES string of the molecule is COc1ccc(NC(=O)[C@H]2C[C@H]([C@@H](C)O)[NH2+][C@]23C(=O)Nc2c(Cl)cccc23)cc1. The molecule has 4 atom stereocenters. The highest BCUT2D eigenvalue weighted by atomic mass is 35.5. The molecule has 29 heavy (non-hydrogen) atoms. The third-order valence-corrected chi connectivity index (χ3v) is 6.22. The number of benzene rings is 2. The number of carbonyl (C=O) groups excluding carboxylic acids is 2. The van der Waals surface area contributed by atoms with Crippen LogP contribution in [-0.2, 0) is 15.1 Å². The number of nitrogens with two attached hydrogens (primary N) is 1. The topological polar surface area (TPSA) is 104 Å². The van der Waals surface area contributed by atoms with Gasteiger partial charge >= 0.3 is 0 Å². The summed E-state index contributed by atoms with van der Waals surface area (Å²) in [5.74, 6) is -0.568. The van der Waals surface area contributed by atoms with Crippen molar-refractivity contribution in [2.75, 3.05) is 17.7 Å². The normalized spacial score (nSPS) is 26.1. The Morgan fingerprint density at radius 3 is 2.72 bits per heavy atom. The minimum atomic E-state index is -1.17. The monoisotopic (exact) mass is 416 g/mol. The predicted octanol–water partition coefficient (Wildman–Crippen LogP) is 1.47. The van der Waals surface area contributed by atoms with Crippen LogP contribution in [-0.4, -0.2) is 36.2 Å². The van der Waals surface area contributed by atoms with Crippen molar-refractivity contribution in [2.24, 2.45) is 5.92 Å². The predicted molar refractivity (Wildman–Crippen MR) is 109 cm³/mol. The number of para-hydroxylation sites is 1. The third-order valence-electron chi connectivity index (χ3n) is 5.90. The summed E-state index contributed by atoms with van der Waals surface area (Å²) < 4.78 is 5.14. The maximum atomic E-state index is 13.3. The van der Waals surface area contributed by atoms with E-state index in [0.29, 0.717) is 34.1 Å². The van der Waals surface area contributed by atoms with Crippen LogP contribution in [0, 0.1) is 5.92 Å². The first-order valence-corrected chi connectivity index (χ1v) is 9.84. The molecule has 7 nitrogen and oxygen atoms in total. The van der Waals surface area contributed by atoms with Gasteiger partial charge in [-0.25, -0.2) is 0 Å². The van der Waals surface area contributed by atoms with Crippen LogP contribution in [0.25, 0.3) is 0 Å². The van der Waals surface area contributed by atoms with Gasteiger partial charge in [0.25, 0.3) is 5.91 Å². The van der Waals surface area contributed by atoms with E-state index >= 15 is 0 Å². The molecule has 1 fully saturated rings. The van der Waals surface area contributed by atoms with Crippen molar-refractivity contribution in [3.8, 4) is 5.75 Å². The molecule has 152 valence electrons. The van der Waals surface area contributed by atoms with Crippen molar-refractivity contribution < 1.29 is 24.7 Å². The van der Waals surface area contributed by atoms with Crippen LogP contribution in [0.2, 0.25) is 5.02 Å². The van der Waals surface area contributed by atoms with E-state index in [-0.39, 0.29) is 17.9 Å². The summed E-state index contributed by atoms with van der Waals surface area (Å²) in [6, 6.07) is 12.0. The van der Waals surface area contributed by atoms with E-state index in [9.17, 15) is 14.7 Å². The molecule has 4 rings (SSSR count). The van der Waals surface area contributed by atoms with Crippen molar-refractivity contribution in [3.05, 3.63) is 53.1 Å². The van der Waals surface area contributed by atoms with Crippen LogP contribution in [0.1, 0.15) is 18.9 Å². The number of anilines is 2. The highest BCUT2D eigenvalue weighted by molar-refractivity contribution is 6.34. The second-order valence-electron chi connectivity index (χ2n) is 7.56. The summed E-state index contributed by atoms with van der Waals surface area (Å²) in [5.41, 5.74) is 0.645. The molecule has 1 spiro atoms. The lowest BCUT2D eigenvalue weighted by Crippen LogP contribution is -2.99. The number of hydrogen-bond donors (Lipinski definition) is 4. The van der Waals surface area contributed by atoms with Crippen molar-refractivity contribution in [1.29, 1.82) is 0 Å². The van der Waals surface area contributed by atoms with Gasteiger partial charge in [0.05, 0.1) is 17.8 Å². The minimum Gasteiger partial charge on any atom is -0.497 e. The van der Waals surface area contributed by atoms with E-state index in [0.717, 1.165) is 0 Å². The number of quaternary nitrogens is 1. The van der Waals surface area contributed by atoms with E-state index in [2.05, 4.69) is 10.6 Å². The Morgan fingerprint density at radius 1 is 1.34 bits per heavy atom. The molecular formula is C21H23ClN3O4+. The fourth-order valence-corrected chi connectivity index (χ4v) is 4.60. The Labute approximate surface area is 173 Å². The van der Waals surface area contributed by atoms with Crippen molar-refractivity contribution in [3.63, 3.8) is 0 Å². The molecule has 0 aliphatic carbocycles. The lowest BCUT2D eigenvalue weighted by atomic mass is 9.79. The van der Waals surface area contributed by atoms with Crippen LogP contribution in [0.4, 0.5) is 11.4 Å². The number of nitrogens with one attached hydrogen (secondary N) is 2. The van der Waals surface area contributed by atoms with E-state index in [1.54, 1.807) is 50.4 Å². The van der Waals surface area contributed by atoms with Gasteiger partial charge in [0.15, 0.2) is 0 Å². The first-order valence-electron chi connectivity index (χ1n) is 9.46. The summed E-state index contributed by atoms with van der Waals surface area (Å²) in [6.45, 7) is 1.67.